The summed E-state index contributed by atoms with van der Waals surface area (Å²) in [6.07, 6.45) is 0. The van der Waals surface area contributed by atoms with Gasteiger partial charge in [0.2, 0.25) is 5.91 Å². The molecule has 5 nitrogen and oxygen atoms in total. The van der Waals surface area contributed by atoms with E-state index in [1.165, 1.54) is 0 Å². The number of thiophene rings is 1. The fourth-order valence-electron chi connectivity index (χ4n) is 3.15. The molecule has 0 spiro atoms. The number of aromatic nitrogens is 2. The Morgan fingerprint density at radius 3 is 2.68 bits per heavy atom. The van der Waals surface area contributed by atoms with Crippen molar-refractivity contribution in [2.45, 2.75) is 26.1 Å². The van der Waals surface area contributed by atoms with Gasteiger partial charge in [0.15, 0.2) is 0 Å². The highest BCUT2D eigenvalue weighted by Crippen LogP contribution is 2.23. The van der Waals surface area contributed by atoms with Crippen LogP contribution in [0.15, 0.2) is 72.1 Å². The summed E-state index contributed by atoms with van der Waals surface area (Å²) in [4.78, 5) is 18.6. The number of benzene rings is 2. The van der Waals surface area contributed by atoms with E-state index in [1.54, 1.807) is 11.3 Å². The van der Waals surface area contributed by atoms with Gasteiger partial charge in [-0.25, -0.2) is 4.98 Å². The van der Waals surface area contributed by atoms with E-state index in [9.17, 15) is 4.79 Å². The average Bonchev–Trinajstić information content (AvgIpc) is 3.38. The Kier molecular flexibility index (Phi) is 5.39. The summed E-state index contributed by atoms with van der Waals surface area (Å²) in [6, 6.07) is 21.1. The number of nitrogens with one attached hydrogen (secondary N) is 1. The molecule has 142 valence electrons. The standard InChI is InChI=1S/C22H21N3O2S/c1-16(22(26)23-14-18-10-7-13-28-18)25-20-12-6-5-11-19(20)24-21(25)15-27-17-8-3-2-4-9-17/h2-13,16H,14-15H2,1H3,(H,23,26). The summed E-state index contributed by atoms with van der Waals surface area (Å²) < 4.78 is 7.86. The Morgan fingerprint density at radius 1 is 1.11 bits per heavy atom. The number of carbonyl (C=O) groups excluding carboxylic acids is 1. The second kappa shape index (κ2) is 8.27. The van der Waals surface area contributed by atoms with Gasteiger partial charge < -0.3 is 14.6 Å². The van der Waals surface area contributed by atoms with Crippen LogP contribution in [0.1, 0.15) is 23.7 Å². The first-order chi connectivity index (χ1) is 13.7. The number of hydrogen-bond acceptors (Lipinski definition) is 4. The highest BCUT2D eigenvalue weighted by Gasteiger charge is 2.21. The molecule has 1 N–H and O–H groups in total. The second-order valence-corrected chi connectivity index (χ2v) is 7.49. The van der Waals surface area contributed by atoms with Crippen LogP contribution in [0.4, 0.5) is 0 Å². The maximum absolute atomic E-state index is 12.8. The van der Waals surface area contributed by atoms with Crippen molar-refractivity contribution in [1.29, 1.82) is 0 Å². The Hall–Kier alpha value is -3.12. The molecule has 4 rings (SSSR count). The van der Waals surface area contributed by atoms with Crippen LogP contribution in [0.3, 0.4) is 0 Å². The van der Waals surface area contributed by atoms with Crippen LogP contribution < -0.4 is 10.1 Å². The van der Waals surface area contributed by atoms with E-state index < -0.39 is 6.04 Å². The van der Waals surface area contributed by atoms with Gasteiger partial charge in [0.05, 0.1) is 17.6 Å². The zero-order valence-corrected chi connectivity index (χ0v) is 16.4. The lowest BCUT2D eigenvalue weighted by Gasteiger charge is -2.17. The second-order valence-electron chi connectivity index (χ2n) is 6.46. The minimum absolute atomic E-state index is 0.0440. The normalized spacial score (nSPS) is 12.0. The Morgan fingerprint density at radius 2 is 1.89 bits per heavy atom. The van der Waals surface area contributed by atoms with Crippen molar-refractivity contribution in [3.05, 3.63) is 82.8 Å². The highest BCUT2D eigenvalue weighted by atomic mass is 32.1. The first-order valence-electron chi connectivity index (χ1n) is 9.16. The Bertz CT molecular complexity index is 1060. The molecule has 0 saturated heterocycles. The lowest BCUT2D eigenvalue weighted by Crippen LogP contribution is -2.31. The molecule has 0 radical (unpaired) electrons. The van der Waals surface area contributed by atoms with Crippen molar-refractivity contribution in [3.63, 3.8) is 0 Å². The van der Waals surface area contributed by atoms with E-state index >= 15 is 0 Å². The van der Waals surface area contributed by atoms with Crippen molar-refractivity contribution < 1.29 is 9.53 Å². The zero-order chi connectivity index (χ0) is 19.3. The minimum atomic E-state index is -0.401. The summed E-state index contributed by atoms with van der Waals surface area (Å²) in [6.45, 7) is 2.72. The molecule has 2 aromatic heterocycles. The molecular formula is C22H21N3O2S. The zero-order valence-electron chi connectivity index (χ0n) is 15.5. The van der Waals surface area contributed by atoms with E-state index in [0.717, 1.165) is 27.5 Å². The third-order valence-corrected chi connectivity index (χ3v) is 5.44. The molecular weight excluding hydrogens is 370 g/mol. The van der Waals surface area contributed by atoms with E-state index in [-0.39, 0.29) is 5.91 Å². The number of amides is 1. The highest BCUT2D eigenvalue weighted by molar-refractivity contribution is 7.09. The molecule has 2 heterocycles. The average molecular weight is 391 g/mol. The van der Waals surface area contributed by atoms with Crippen LogP contribution in [0, 0.1) is 0 Å². The van der Waals surface area contributed by atoms with Crippen molar-refractivity contribution in [1.82, 2.24) is 14.9 Å². The van der Waals surface area contributed by atoms with Crippen molar-refractivity contribution >= 4 is 28.3 Å². The maximum atomic E-state index is 12.8. The van der Waals surface area contributed by atoms with Crippen LogP contribution in [0.25, 0.3) is 11.0 Å². The largest absolute Gasteiger partial charge is 0.486 e. The van der Waals surface area contributed by atoms with Gasteiger partial charge in [0, 0.05) is 4.88 Å². The van der Waals surface area contributed by atoms with Crippen molar-refractivity contribution in [2.24, 2.45) is 0 Å². The summed E-state index contributed by atoms with van der Waals surface area (Å²) in [5.41, 5.74) is 1.78. The molecule has 0 fully saturated rings. The van der Waals surface area contributed by atoms with E-state index in [4.69, 9.17) is 9.72 Å². The predicted octanol–water partition coefficient (Wildman–Crippen LogP) is 4.55. The van der Waals surface area contributed by atoms with Crippen LogP contribution in [-0.2, 0) is 17.9 Å². The third-order valence-electron chi connectivity index (χ3n) is 4.56. The smallest absolute Gasteiger partial charge is 0.243 e. The van der Waals surface area contributed by atoms with Gasteiger partial charge in [-0.15, -0.1) is 11.3 Å². The molecule has 1 unspecified atom stereocenters. The lowest BCUT2D eigenvalue weighted by atomic mass is 10.2. The Labute approximate surface area is 167 Å². The monoisotopic (exact) mass is 391 g/mol. The van der Waals surface area contributed by atoms with Gasteiger partial charge in [-0.3, -0.25) is 4.79 Å². The first-order valence-corrected chi connectivity index (χ1v) is 10.0. The van der Waals surface area contributed by atoms with Gasteiger partial charge in [-0.1, -0.05) is 36.4 Å². The van der Waals surface area contributed by atoms with Crippen LogP contribution in [-0.4, -0.2) is 15.5 Å². The molecule has 2 aromatic carbocycles. The molecule has 1 amide bonds. The molecule has 6 heteroatoms. The SMILES string of the molecule is CC(C(=O)NCc1cccs1)n1c(COc2ccccc2)nc2ccccc21. The molecule has 0 aliphatic rings. The maximum Gasteiger partial charge on any atom is 0.243 e. The fraction of sp³-hybridized carbons (Fsp3) is 0.182. The number of hydrogen-bond donors (Lipinski definition) is 1. The van der Waals surface area contributed by atoms with Crippen LogP contribution >= 0.6 is 11.3 Å². The Balaban J connectivity index is 1.57. The molecule has 0 aliphatic heterocycles. The topological polar surface area (TPSA) is 56.2 Å². The van der Waals surface area contributed by atoms with Gasteiger partial charge in [-0.2, -0.15) is 0 Å². The van der Waals surface area contributed by atoms with Gasteiger partial charge in [-0.05, 0) is 42.6 Å². The molecule has 4 aromatic rings. The van der Waals surface area contributed by atoms with Gasteiger partial charge >= 0.3 is 0 Å². The molecule has 1 atom stereocenters. The van der Waals surface area contributed by atoms with E-state index in [2.05, 4.69) is 5.32 Å². The summed E-state index contributed by atoms with van der Waals surface area (Å²) in [5, 5.41) is 5.03. The van der Waals surface area contributed by atoms with Crippen LogP contribution in [0.5, 0.6) is 5.75 Å². The molecule has 0 aliphatic carbocycles. The number of ether oxygens (including phenoxy) is 1. The number of carbonyl (C=O) groups is 1. The molecule has 28 heavy (non-hydrogen) atoms. The number of fused-ring (bicyclic) bond motifs is 1. The number of para-hydroxylation sites is 3. The van der Waals surface area contributed by atoms with Crippen molar-refractivity contribution in [3.8, 4) is 5.75 Å². The molecule has 0 bridgehead atoms. The van der Waals surface area contributed by atoms with E-state index in [1.807, 2.05) is 83.6 Å². The van der Waals surface area contributed by atoms with E-state index in [0.29, 0.717) is 13.2 Å². The number of nitrogens with zero attached hydrogens (tertiary/aromatic N) is 2. The number of imidazole rings is 1. The summed E-state index contributed by atoms with van der Waals surface area (Å²) >= 11 is 1.63. The first kappa shape index (κ1) is 18.3. The molecule has 0 saturated carbocycles. The van der Waals surface area contributed by atoms with Crippen LogP contribution in [0.2, 0.25) is 0 Å². The minimum Gasteiger partial charge on any atom is -0.486 e. The summed E-state index contributed by atoms with van der Waals surface area (Å²) in [5.74, 6) is 1.46. The lowest BCUT2D eigenvalue weighted by molar-refractivity contribution is -0.124. The number of rotatable bonds is 7. The van der Waals surface area contributed by atoms with Crippen molar-refractivity contribution in [2.75, 3.05) is 0 Å². The fourth-order valence-corrected chi connectivity index (χ4v) is 3.79. The quantitative estimate of drug-likeness (QED) is 0.503. The van der Waals surface area contributed by atoms with Gasteiger partial charge in [0.25, 0.3) is 0 Å². The van der Waals surface area contributed by atoms with Gasteiger partial charge in [0.1, 0.15) is 24.2 Å². The summed E-state index contributed by atoms with van der Waals surface area (Å²) in [7, 11) is 0. The predicted molar refractivity (Wildman–Crippen MR) is 111 cm³/mol. The third kappa shape index (κ3) is 3.92.